The van der Waals surface area contributed by atoms with E-state index >= 15 is 0 Å². The number of ether oxygens (including phenoxy) is 3. The van der Waals surface area contributed by atoms with Gasteiger partial charge in [-0.1, -0.05) is 36.8 Å². The number of aromatic nitrogens is 1. The third kappa shape index (κ3) is 5.65. The Hall–Kier alpha value is -4.18. The van der Waals surface area contributed by atoms with Gasteiger partial charge in [-0.3, -0.25) is 14.5 Å². The largest absolute Gasteiger partial charge is 0.507 e. The molecule has 39 heavy (non-hydrogen) atoms. The van der Waals surface area contributed by atoms with E-state index in [0.717, 1.165) is 24.2 Å². The Kier molecular flexibility index (Phi) is 8.65. The number of anilines is 1. The highest BCUT2D eigenvalue weighted by Gasteiger charge is 2.48. The Morgan fingerprint density at radius 1 is 1.10 bits per heavy atom. The Labute approximate surface area is 230 Å². The van der Waals surface area contributed by atoms with Crippen molar-refractivity contribution in [2.24, 2.45) is 0 Å². The van der Waals surface area contributed by atoms with Crippen LogP contribution in [-0.4, -0.2) is 48.1 Å². The molecule has 1 aliphatic heterocycles. The third-order valence-corrected chi connectivity index (χ3v) is 7.34. The van der Waals surface area contributed by atoms with Gasteiger partial charge in [0, 0.05) is 5.56 Å². The first kappa shape index (κ1) is 27.8. The monoisotopic (exact) mass is 550 g/mol. The average Bonchev–Trinajstić information content (AvgIpc) is 3.45. The second kappa shape index (κ2) is 12.1. The van der Waals surface area contributed by atoms with Crippen molar-refractivity contribution in [1.82, 2.24) is 4.98 Å². The summed E-state index contributed by atoms with van der Waals surface area (Å²) in [6.07, 6.45) is 1.84. The molecule has 1 fully saturated rings. The van der Waals surface area contributed by atoms with Crippen molar-refractivity contribution in [2.75, 3.05) is 25.2 Å². The number of unbranched alkanes of at least 4 members (excludes halogenated alkanes) is 1. The van der Waals surface area contributed by atoms with Gasteiger partial charge in [0.15, 0.2) is 5.13 Å². The summed E-state index contributed by atoms with van der Waals surface area (Å²) in [5.41, 5.74) is 1.17. The molecule has 1 saturated heterocycles. The van der Waals surface area contributed by atoms with E-state index in [0.29, 0.717) is 34.9 Å². The number of amides is 1. The lowest BCUT2D eigenvalue weighted by molar-refractivity contribution is -0.132. The van der Waals surface area contributed by atoms with Crippen LogP contribution in [0.2, 0.25) is 0 Å². The summed E-state index contributed by atoms with van der Waals surface area (Å²) >= 11 is 0.960. The number of esters is 1. The number of rotatable bonds is 10. The van der Waals surface area contributed by atoms with Crippen molar-refractivity contribution < 1.29 is 33.7 Å². The molecule has 0 saturated carbocycles. The fraction of sp³-hybridized carbons (Fsp3) is 0.310. The van der Waals surface area contributed by atoms with Gasteiger partial charge in [0.25, 0.3) is 5.78 Å². The molecule has 0 spiro atoms. The van der Waals surface area contributed by atoms with E-state index < -0.39 is 23.7 Å². The minimum Gasteiger partial charge on any atom is -0.507 e. The van der Waals surface area contributed by atoms with Crippen LogP contribution in [0.5, 0.6) is 11.5 Å². The average molecular weight is 551 g/mol. The van der Waals surface area contributed by atoms with Crippen LogP contribution < -0.4 is 14.4 Å². The van der Waals surface area contributed by atoms with Crippen LogP contribution >= 0.6 is 11.3 Å². The smallest absolute Gasteiger partial charge is 0.350 e. The quantitative estimate of drug-likeness (QED) is 0.117. The normalized spacial score (nSPS) is 16.4. The molecule has 1 N–H and O–H groups in total. The SMILES string of the molecule is CCCCOc1cccc(C2C(=C(O)c3ccc(OC)cc3)C(=O)C(=O)N2c2nc(C)c(C(=O)OCC)s2)c1. The molecule has 3 aromatic rings. The number of aryl methyl sites for hydroxylation is 1. The molecule has 0 aliphatic carbocycles. The molecular formula is C29H30N2O7S. The molecule has 204 valence electrons. The van der Waals surface area contributed by atoms with E-state index in [1.54, 1.807) is 62.4 Å². The number of methoxy groups -OCH3 is 1. The Balaban J connectivity index is 1.87. The lowest BCUT2D eigenvalue weighted by atomic mass is 9.95. The van der Waals surface area contributed by atoms with Crippen molar-refractivity contribution in [3.05, 3.63) is 75.8 Å². The molecule has 2 heterocycles. The second-order valence-corrected chi connectivity index (χ2v) is 9.78. The first-order valence-electron chi connectivity index (χ1n) is 12.6. The summed E-state index contributed by atoms with van der Waals surface area (Å²) in [6.45, 7) is 6.09. The van der Waals surface area contributed by atoms with Crippen LogP contribution in [0.25, 0.3) is 5.76 Å². The number of benzene rings is 2. The second-order valence-electron chi connectivity index (χ2n) is 8.80. The Morgan fingerprint density at radius 3 is 2.51 bits per heavy atom. The molecule has 1 atom stereocenters. The standard InChI is InChI=1S/C29H30N2O7S/c1-5-7-15-38-21-10-8-9-19(16-21)23-22(24(32)18-11-13-20(36-4)14-12-18)25(33)27(34)31(23)29-30-17(3)26(39-29)28(35)37-6-2/h8-14,16,23,32H,5-7,15H2,1-4H3. The Morgan fingerprint density at radius 2 is 1.85 bits per heavy atom. The maximum absolute atomic E-state index is 13.5. The molecule has 1 aliphatic rings. The van der Waals surface area contributed by atoms with Gasteiger partial charge in [-0.05, 0) is 62.2 Å². The fourth-order valence-electron chi connectivity index (χ4n) is 4.23. The highest BCUT2D eigenvalue weighted by atomic mass is 32.1. The summed E-state index contributed by atoms with van der Waals surface area (Å²) in [5, 5.41) is 11.5. The Bertz CT molecular complexity index is 1410. The van der Waals surface area contributed by atoms with Crippen LogP contribution in [-0.2, 0) is 14.3 Å². The number of aliphatic hydroxyl groups is 1. The maximum Gasteiger partial charge on any atom is 0.350 e. The van der Waals surface area contributed by atoms with Crippen LogP contribution in [0, 0.1) is 6.92 Å². The molecular weight excluding hydrogens is 520 g/mol. The molecule has 9 nitrogen and oxygen atoms in total. The van der Waals surface area contributed by atoms with Crippen molar-refractivity contribution >= 4 is 39.9 Å². The van der Waals surface area contributed by atoms with Crippen LogP contribution in [0.4, 0.5) is 5.13 Å². The number of hydrogen-bond acceptors (Lipinski definition) is 9. The lowest BCUT2D eigenvalue weighted by Crippen LogP contribution is -2.29. The van der Waals surface area contributed by atoms with Crippen molar-refractivity contribution in [3.8, 4) is 11.5 Å². The van der Waals surface area contributed by atoms with Gasteiger partial charge in [0.05, 0.1) is 37.6 Å². The predicted octanol–water partition coefficient (Wildman–Crippen LogP) is 5.44. The van der Waals surface area contributed by atoms with Gasteiger partial charge in [-0.2, -0.15) is 0 Å². The lowest BCUT2D eigenvalue weighted by Gasteiger charge is -2.23. The summed E-state index contributed by atoms with van der Waals surface area (Å²) in [6, 6.07) is 12.6. The number of Topliss-reactive ketones (excluding diaryl/α,β-unsaturated/α-hetero) is 1. The topological polar surface area (TPSA) is 115 Å². The van der Waals surface area contributed by atoms with Gasteiger partial charge in [0.2, 0.25) is 0 Å². The minimum atomic E-state index is -1.01. The minimum absolute atomic E-state index is 0.0959. The predicted molar refractivity (Wildman–Crippen MR) is 147 cm³/mol. The van der Waals surface area contributed by atoms with Crippen molar-refractivity contribution in [2.45, 2.75) is 39.7 Å². The highest BCUT2D eigenvalue weighted by Crippen LogP contribution is 2.44. The number of carbonyl (C=O) groups excluding carboxylic acids is 3. The zero-order valence-electron chi connectivity index (χ0n) is 22.2. The van der Waals surface area contributed by atoms with E-state index in [-0.39, 0.29) is 27.9 Å². The van der Waals surface area contributed by atoms with Gasteiger partial charge in [-0.15, -0.1) is 0 Å². The molecule has 1 amide bonds. The van der Waals surface area contributed by atoms with E-state index in [1.165, 1.54) is 12.0 Å². The van der Waals surface area contributed by atoms with Crippen LogP contribution in [0.1, 0.15) is 59.2 Å². The number of carbonyl (C=O) groups is 3. The molecule has 4 rings (SSSR count). The van der Waals surface area contributed by atoms with Gasteiger partial charge >= 0.3 is 11.9 Å². The van der Waals surface area contributed by atoms with E-state index in [9.17, 15) is 19.5 Å². The maximum atomic E-state index is 13.5. The number of ketones is 1. The van der Waals surface area contributed by atoms with Crippen LogP contribution in [0.15, 0.2) is 54.1 Å². The van der Waals surface area contributed by atoms with Crippen molar-refractivity contribution in [1.29, 1.82) is 0 Å². The van der Waals surface area contributed by atoms with Gasteiger partial charge < -0.3 is 19.3 Å². The van der Waals surface area contributed by atoms with E-state index in [2.05, 4.69) is 11.9 Å². The summed E-state index contributed by atoms with van der Waals surface area (Å²) in [5.74, 6) is -1.48. The summed E-state index contributed by atoms with van der Waals surface area (Å²) < 4.78 is 16.2. The number of thiazole rings is 1. The first-order chi connectivity index (χ1) is 18.8. The molecule has 1 aromatic heterocycles. The highest BCUT2D eigenvalue weighted by molar-refractivity contribution is 7.17. The zero-order valence-corrected chi connectivity index (χ0v) is 23.0. The number of nitrogens with zero attached hydrogens (tertiary/aromatic N) is 2. The van der Waals surface area contributed by atoms with Gasteiger partial charge in [-0.25, -0.2) is 9.78 Å². The molecule has 2 aromatic carbocycles. The van der Waals surface area contributed by atoms with E-state index in [1.807, 2.05) is 0 Å². The van der Waals surface area contributed by atoms with E-state index in [4.69, 9.17) is 14.2 Å². The summed E-state index contributed by atoms with van der Waals surface area (Å²) in [7, 11) is 1.52. The number of hydrogen-bond donors (Lipinski definition) is 1. The van der Waals surface area contributed by atoms with Crippen LogP contribution in [0.3, 0.4) is 0 Å². The number of aliphatic hydroxyl groups excluding tert-OH is 1. The third-order valence-electron chi connectivity index (χ3n) is 6.20. The zero-order chi connectivity index (χ0) is 28.1. The molecule has 0 bridgehead atoms. The summed E-state index contributed by atoms with van der Waals surface area (Å²) in [4.78, 5) is 45.3. The molecule has 0 radical (unpaired) electrons. The van der Waals surface area contributed by atoms with Gasteiger partial charge in [0.1, 0.15) is 22.1 Å². The van der Waals surface area contributed by atoms with Crippen molar-refractivity contribution in [3.63, 3.8) is 0 Å². The molecule has 10 heteroatoms. The fourth-order valence-corrected chi connectivity index (χ4v) is 5.22. The first-order valence-corrected chi connectivity index (χ1v) is 13.4. The molecule has 1 unspecified atom stereocenters.